The molecule has 0 aromatic heterocycles. The van der Waals surface area contributed by atoms with E-state index in [0.29, 0.717) is 6.42 Å². The summed E-state index contributed by atoms with van der Waals surface area (Å²) in [6.07, 6.45) is 54.4. The van der Waals surface area contributed by atoms with Crippen LogP contribution in [0.25, 0.3) is 0 Å². The molecule has 10 heteroatoms. The third kappa shape index (κ3) is 49.8. The lowest BCUT2D eigenvalue weighted by Crippen LogP contribution is -2.27. The van der Waals surface area contributed by atoms with Crippen molar-refractivity contribution in [3.63, 3.8) is 0 Å². The van der Waals surface area contributed by atoms with E-state index in [2.05, 4.69) is 31.3 Å². The van der Waals surface area contributed by atoms with Gasteiger partial charge in [0, 0.05) is 19.4 Å². The lowest BCUT2D eigenvalue weighted by atomic mass is 10.0. The van der Waals surface area contributed by atoms with Gasteiger partial charge in [-0.1, -0.05) is 238 Å². The maximum atomic E-state index is 12.2. The third-order valence-corrected chi connectivity index (χ3v) is 12.9. The Labute approximate surface area is 383 Å². The first-order valence-corrected chi connectivity index (χ1v) is 28.2. The number of nitrogens with one attached hydrogen (secondary N) is 1. The summed E-state index contributed by atoms with van der Waals surface area (Å²) in [6, 6.07) is 0. The zero-order valence-electron chi connectivity index (χ0n) is 40.8. The number of esters is 1. The van der Waals surface area contributed by atoms with Crippen molar-refractivity contribution >= 4 is 19.7 Å². The molecule has 3 N–H and O–H groups in total. The van der Waals surface area contributed by atoms with Gasteiger partial charge in [-0.3, -0.25) is 18.6 Å². The number of hydrogen-bond acceptors (Lipinski definition) is 7. The molecule has 0 aromatic rings. The molecule has 9 nitrogen and oxygen atoms in total. The van der Waals surface area contributed by atoms with Crippen molar-refractivity contribution in [1.29, 1.82) is 0 Å². The molecule has 2 atom stereocenters. The number of aliphatic hydroxyl groups excluding tert-OH is 1. The minimum atomic E-state index is -4.42. The van der Waals surface area contributed by atoms with Gasteiger partial charge in [-0.15, -0.1) is 0 Å². The summed E-state index contributed by atoms with van der Waals surface area (Å²) in [5.74, 6) is -0.506. The number of amides is 1. The van der Waals surface area contributed by atoms with Crippen LogP contribution in [0, 0.1) is 0 Å². The molecule has 0 saturated heterocycles. The summed E-state index contributed by atoms with van der Waals surface area (Å²) < 4.78 is 27.0. The Morgan fingerprint density at radius 2 is 0.823 bits per heavy atom. The fourth-order valence-corrected chi connectivity index (χ4v) is 8.67. The zero-order valence-corrected chi connectivity index (χ0v) is 41.7. The standard InChI is InChI=1S/C52H102NO8P/c1-3-5-7-9-11-13-15-17-19-21-23-24-25-26-27-29-31-33-35-37-39-41-43-45-52(56)59-48-50(54)49-61-62(57,58)60-47-46-53-51(55)44-42-40-38-36-34-32-30-28-22-20-18-16-14-12-10-8-6-4-2/h20,22,50,54H,3-19,21,23-49H2,1-2H3,(H,53,55)(H,57,58)/b22-20-. The van der Waals surface area contributed by atoms with Gasteiger partial charge >= 0.3 is 13.8 Å². The van der Waals surface area contributed by atoms with Gasteiger partial charge in [0.25, 0.3) is 0 Å². The number of carbonyl (C=O) groups excluding carboxylic acids is 2. The second-order valence-corrected chi connectivity index (χ2v) is 19.7. The summed E-state index contributed by atoms with van der Waals surface area (Å²) in [6.45, 7) is 3.61. The van der Waals surface area contributed by atoms with E-state index in [1.54, 1.807) is 0 Å². The molecule has 0 fully saturated rings. The van der Waals surface area contributed by atoms with Crippen LogP contribution >= 0.6 is 7.82 Å². The van der Waals surface area contributed by atoms with Crippen molar-refractivity contribution in [2.45, 2.75) is 283 Å². The highest BCUT2D eigenvalue weighted by molar-refractivity contribution is 7.47. The Morgan fingerprint density at radius 1 is 0.484 bits per heavy atom. The Hall–Kier alpha value is -1.25. The molecule has 0 heterocycles. The first-order chi connectivity index (χ1) is 30.3. The van der Waals surface area contributed by atoms with Gasteiger partial charge < -0.3 is 20.1 Å². The predicted molar refractivity (Wildman–Crippen MR) is 261 cm³/mol. The van der Waals surface area contributed by atoms with E-state index < -0.39 is 26.5 Å². The highest BCUT2D eigenvalue weighted by atomic mass is 31.2. The number of hydrogen-bond donors (Lipinski definition) is 3. The fraction of sp³-hybridized carbons (Fsp3) is 0.923. The van der Waals surface area contributed by atoms with E-state index >= 15 is 0 Å². The maximum absolute atomic E-state index is 12.2. The van der Waals surface area contributed by atoms with Crippen LogP contribution in [0.5, 0.6) is 0 Å². The van der Waals surface area contributed by atoms with E-state index in [-0.39, 0.29) is 32.1 Å². The number of aliphatic hydroxyl groups is 1. The number of phosphoric acid groups is 1. The number of rotatable bonds is 51. The van der Waals surface area contributed by atoms with Crippen molar-refractivity contribution in [2.75, 3.05) is 26.4 Å². The summed E-state index contributed by atoms with van der Waals surface area (Å²) in [7, 11) is -4.42. The molecule has 0 aliphatic rings. The van der Waals surface area contributed by atoms with Crippen molar-refractivity contribution < 1.29 is 37.9 Å². The Morgan fingerprint density at radius 3 is 1.21 bits per heavy atom. The summed E-state index contributed by atoms with van der Waals surface area (Å²) in [4.78, 5) is 34.1. The molecule has 0 aliphatic heterocycles. The smallest absolute Gasteiger partial charge is 0.463 e. The van der Waals surface area contributed by atoms with Crippen LogP contribution in [0.15, 0.2) is 12.2 Å². The van der Waals surface area contributed by atoms with Gasteiger partial charge in [-0.25, -0.2) is 4.57 Å². The van der Waals surface area contributed by atoms with E-state index in [1.165, 1.54) is 212 Å². The zero-order chi connectivity index (χ0) is 45.3. The highest BCUT2D eigenvalue weighted by Gasteiger charge is 2.23. The van der Waals surface area contributed by atoms with Gasteiger partial charge in [0.15, 0.2) is 0 Å². The van der Waals surface area contributed by atoms with Gasteiger partial charge in [0.2, 0.25) is 5.91 Å². The summed E-state index contributed by atoms with van der Waals surface area (Å²) in [5.41, 5.74) is 0. The van der Waals surface area contributed by atoms with Crippen LogP contribution in [0.1, 0.15) is 277 Å². The monoisotopic (exact) mass is 900 g/mol. The lowest BCUT2D eigenvalue weighted by molar-refractivity contribution is -0.147. The molecule has 62 heavy (non-hydrogen) atoms. The number of ether oxygens (including phenoxy) is 1. The molecule has 1 amide bonds. The van der Waals surface area contributed by atoms with Crippen LogP contribution in [0.3, 0.4) is 0 Å². The van der Waals surface area contributed by atoms with Crippen LogP contribution < -0.4 is 5.32 Å². The average Bonchev–Trinajstić information content (AvgIpc) is 3.26. The number of allylic oxidation sites excluding steroid dienone is 2. The minimum absolute atomic E-state index is 0.0833. The third-order valence-electron chi connectivity index (χ3n) is 11.9. The van der Waals surface area contributed by atoms with E-state index in [1.807, 2.05) is 0 Å². The number of unbranched alkanes of at least 4 members (excludes halogenated alkanes) is 36. The fourth-order valence-electron chi connectivity index (χ4n) is 7.91. The maximum Gasteiger partial charge on any atom is 0.472 e. The van der Waals surface area contributed by atoms with Gasteiger partial charge in [-0.2, -0.15) is 0 Å². The van der Waals surface area contributed by atoms with Crippen molar-refractivity contribution in [3.8, 4) is 0 Å². The largest absolute Gasteiger partial charge is 0.472 e. The average molecular weight is 900 g/mol. The van der Waals surface area contributed by atoms with Crippen molar-refractivity contribution in [1.82, 2.24) is 5.32 Å². The number of phosphoric ester groups is 1. The Balaban J connectivity index is 3.51. The molecule has 0 saturated carbocycles. The lowest BCUT2D eigenvalue weighted by Gasteiger charge is -2.15. The van der Waals surface area contributed by atoms with E-state index in [4.69, 9.17) is 13.8 Å². The first kappa shape index (κ1) is 60.8. The molecule has 0 rings (SSSR count). The second-order valence-electron chi connectivity index (χ2n) is 18.2. The van der Waals surface area contributed by atoms with Gasteiger partial charge in [0.1, 0.15) is 12.7 Å². The molecule has 0 bridgehead atoms. The highest BCUT2D eigenvalue weighted by Crippen LogP contribution is 2.42. The van der Waals surface area contributed by atoms with E-state index in [0.717, 1.165) is 38.5 Å². The molecule has 0 spiro atoms. The minimum Gasteiger partial charge on any atom is -0.463 e. The van der Waals surface area contributed by atoms with Crippen molar-refractivity contribution in [3.05, 3.63) is 12.2 Å². The van der Waals surface area contributed by atoms with Gasteiger partial charge in [-0.05, 0) is 38.5 Å². The predicted octanol–water partition coefficient (Wildman–Crippen LogP) is 15.7. The van der Waals surface area contributed by atoms with Crippen LogP contribution in [0.2, 0.25) is 0 Å². The molecule has 368 valence electrons. The van der Waals surface area contributed by atoms with Crippen molar-refractivity contribution in [2.24, 2.45) is 0 Å². The summed E-state index contributed by atoms with van der Waals surface area (Å²) in [5, 5.41) is 12.8. The van der Waals surface area contributed by atoms with Crippen LogP contribution in [0.4, 0.5) is 0 Å². The first-order valence-electron chi connectivity index (χ1n) is 26.7. The van der Waals surface area contributed by atoms with E-state index in [9.17, 15) is 24.2 Å². The quantitative estimate of drug-likeness (QED) is 0.0238. The topological polar surface area (TPSA) is 131 Å². The molecule has 0 aromatic carbocycles. The summed E-state index contributed by atoms with van der Waals surface area (Å²) >= 11 is 0. The molecule has 0 aliphatic carbocycles. The second kappa shape index (κ2) is 49.2. The van der Waals surface area contributed by atoms with Crippen LogP contribution in [-0.2, 0) is 27.9 Å². The molecular weight excluding hydrogens is 798 g/mol. The Kier molecular flexibility index (Phi) is 48.2. The number of carbonyl (C=O) groups is 2. The molecular formula is C52H102NO8P. The SMILES string of the molecule is CCCCCCCCC/C=C\CCCCCCCCCC(=O)NCCOP(=O)(O)OCC(O)COC(=O)CCCCCCCCCCCCCCCCCCCCCCCCC. The van der Waals surface area contributed by atoms with Gasteiger partial charge in [0.05, 0.1) is 13.2 Å². The molecule has 2 unspecified atom stereocenters. The van der Waals surface area contributed by atoms with Crippen LogP contribution in [-0.4, -0.2) is 54.3 Å². The Bertz CT molecular complexity index is 1030. The normalized spacial score (nSPS) is 13.2. The molecule has 0 radical (unpaired) electrons.